The van der Waals surface area contributed by atoms with E-state index in [1.54, 1.807) is 0 Å². The Labute approximate surface area is 320 Å². The summed E-state index contributed by atoms with van der Waals surface area (Å²) in [5, 5.41) is 2.22. The lowest BCUT2D eigenvalue weighted by atomic mass is 10.0. The minimum Gasteiger partial charge on any atom is -0.456 e. The molecule has 0 amide bonds. The van der Waals surface area contributed by atoms with Crippen LogP contribution < -0.4 is 4.90 Å². The number of para-hydroxylation sites is 2. The molecule has 0 aliphatic carbocycles. The molecule has 0 fully saturated rings. The van der Waals surface area contributed by atoms with E-state index in [-0.39, 0.29) is 0 Å². The van der Waals surface area contributed by atoms with Gasteiger partial charge in [-0.2, -0.15) is 0 Å². The van der Waals surface area contributed by atoms with Crippen LogP contribution in [0.4, 0.5) is 17.1 Å². The van der Waals surface area contributed by atoms with E-state index in [2.05, 4.69) is 181 Å². The third-order valence-corrected chi connectivity index (χ3v) is 10.3. The molecule has 2 aromatic heterocycles. The zero-order valence-corrected chi connectivity index (χ0v) is 30.0. The second kappa shape index (κ2) is 13.9. The Hall–Kier alpha value is -7.36. The first-order valence-corrected chi connectivity index (χ1v) is 18.6. The van der Waals surface area contributed by atoms with Crippen molar-refractivity contribution < 1.29 is 8.83 Å². The van der Waals surface area contributed by atoms with E-state index in [9.17, 15) is 0 Å². The van der Waals surface area contributed by atoms with Gasteiger partial charge in [-0.1, -0.05) is 152 Å². The fraction of sp³-hybridized carbons (Fsp3) is 0. The molecule has 0 saturated heterocycles. The molecule has 0 N–H and O–H groups in total. The molecular formula is C52H35NO2. The third-order valence-electron chi connectivity index (χ3n) is 10.3. The standard InChI is InChI=1S/C52H35NO2/c1-2-8-36(9-3-1)39-22-28-46(29-23-39)53(47-30-24-40(25-31-47)37-14-18-42(19-15-37)51-34-44-10-4-6-12-49(44)54-51)48-32-26-41(27-33-48)38-16-20-43(21-17-38)52-35-45-11-5-7-13-50(45)55-52/h1-35H. The van der Waals surface area contributed by atoms with Crippen LogP contribution in [0.1, 0.15) is 0 Å². The average Bonchev–Trinajstić information content (AvgIpc) is 3.91. The molecule has 0 radical (unpaired) electrons. The van der Waals surface area contributed by atoms with Crippen molar-refractivity contribution in [2.24, 2.45) is 0 Å². The van der Waals surface area contributed by atoms with Gasteiger partial charge in [0.1, 0.15) is 22.7 Å². The molecule has 3 heteroatoms. The molecule has 2 heterocycles. The Morgan fingerprint density at radius 2 is 0.545 bits per heavy atom. The van der Waals surface area contributed by atoms with Crippen molar-refractivity contribution in [1.29, 1.82) is 0 Å². The average molecular weight is 706 g/mol. The van der Waals surface area contributed by atoms with Crippen LogP contribution in [-0.4, -0.2) is 0 Å². The molecule has 0 spiro atoms. The predicted molar refractivity (Wildman–Crippen MR) is 228 cm³/mol. The summed E-state index contributed by atoms with van der Waals surface area (Å²) in [5.41, 5.74) is 14.2. The molecule has 3 nitrogen and oxygen atoms in total. The molecule has 0 aliphatic rings. The van der Waals surface area contributed by atoms with Crippen molar-refractivity contribution in [1.82, 2.24) is 0 Å². The molecule has 8 aromatic carbocycles. The Balaban J connectivity index is 0.942. The van der Waals surface area contributed by atoms with Crippen LogP contribution in [0.3, 0.4) is 0 Å². The predicted octanol–water partition coefficient (Wildman–Crippen LogP) is 15.0. The summed E-state index contributed by atoms with van der Waals surface area (Å²) in [7, 11) is 0. The topological polar surface area (TPSA) is 29.5 Å². The van der Waals surface area contributed by atoms with Gasteiger partial charge < -0.3 is 13.7 Å². The Morgan fingerprint density at radius 1 is 0.255 bits per heavy atom. The number of anilines is 3. The number of hydrogen-bond donors (Lipinski definition) is 0. The van der Waals surface area contributed by atoms with Crippen molar-refractivity contribution in [3.63, 3.8) is 0 Å². The Kier molecular flexibility index (Phi) is 8.16. The lowest BCUT2D eigenvalue weighted by Crippen LogP contribution is -2.09. The number of nitrogens with zero attached hydrogens (tertiary/aromatic N) is 1. The van der Waals surface area contributed by atoms with Crippen LogP contribution in [-0.2, 0) is 0 Å². The van der Waals surface area contributed by atoms with Crippen molar-refractivity contribution in [2.75, 3.05) is 4.90 Å². The van der Waals surface area contributed by atoms with Crippen LogP contribution in [0.2, 0.25) is 0 Å². The minimum atomic E-state index is 0.878. The quantitative estimate of drug-likeness (QED) is 0.158. The van der Waals surface area contributed by atoms with E-state index in [0.717, 1.165) is 83.9 Å². The first-order chi connectivity index (χ1) is 27.2. The van der Waals surface area contributed by atoms with Gasteiger partial charge in [-0.05, 0) is 94.0 Å². The van der Waals surface area contributed by atoms with Gasteiger partial charge in [0.05, 0.1) is 0 Å². The van der Waals surface area contributed by atoms with E-state index in [0.29, 0.717) is 0 Å². The number of rotatable bonds is 8. The van der Waals surface area contributed by atoms with Gasteiger partial charge in [-0.25, -0.2) is 0 Å². The summed E-state index contributed by atoms with van der Waals surface area (Å²) in [6, 6.07) is 74.6. The van der Waals surface area contributed by atoms with Gasteiger partial charge in [0.25, 0.3) is 0 Å². The highest BCUT2D eigenvalue weighted by Gasteiger charge is 2.15. The van der Waals surface area contributed by atoms with Crippen molar-refractivity contribution in [3.8, 4) is 56.0 Å². The van der Waals surface area contributed by atoms with E-state index in [4.69, 9.17) is 8.83 Å². The van der Waals surface area contributed by atoms with E-state index < -0.39 is 0 Å². The van der Waals surface area contributed by atoms with Crippen molar-refractivity contribution >= 4 is 39.0 Å². The zero-order chi connectivity index (χ0) is 36.6. The van der Waals surface area contributed by atoms with Gasteiger partial charge >= 0.3 is 0 Å². The van der Waals surface area contributed by atoms with Crippen LogP contribution in [0.5, 0.6) is 0 Å². The maximum atomic E-state index is 6.11. The number of fused-ring (bicyclic) bond motifs is 2. The maximum absolute atomic E-state index is 6.11. The highest BCUT2D eigenvalue weighted by atomic mass is 16.3. The molecule has 0 aliphatic heterocycles. The zero-order valence-electron chi connectivity index (χ0n) is 30.0. The largest absolute Gasteiger partial charge is 0.456 e. The molecule has 10 rings (SSSR count). The maximum Gasteiger partial charge on any atom is 0.135 e. The molecule has 0 saturated carbocycles. The summed E-state index contributed by atoms with van der Waals surface area (Å²) in [6.45, 7) is 0. The summed E-state index contributed by atoms with van der Waals surface area (Å²) >= 11 is 0. The lowest BCUT2D eigenvalue weighted by molar-refractivity contribution is 0.631. The molecule has 0 unspecified atom stereocenters. The van der Waals surface area contributed by atoms with Crippen molar-refractivity contribution in [2.45, 2.75) is 0 Å². The minimum absolute atomic E-state index is 0.878. The van der Waals surface area contributed by atoms with E-state index >= 15 is 0 Å². The number of furan rings is 2. The van der Waals surface area contributed by atoms with Crippen LogP contribution in [0, 0.1) is 0 Å². The highest BCUT2D eigenvalue weighted by Crippen LogP contribution is 2.38. The Morgan fingerprint density at radius 3 is 0.909 bits per heavy atom. The summed E-state index contributed by atoms with van der Waals surface area (Å²) in [4.78, 5) is 2.32. The van der Waals surface area contributed by atoms with E-state index in [1.165, 1.54) is 11.1 Å². The molecular weight excluding hydrogens is 671 g/mol. The molecule has 55 heavy (non-hydrogen) atoms. The molecule has 260 valence electrons. The molecule has 0 atom stereocenters. The fourth-order valence-corrected chi connectivity index (χ4v) is 7.39. The first-order valence-electron chi connectivity index (χ1n) is 18.6. The van der Waals surface area contributed by atoms with Gasteiger partial charge in [0.15, 0.2) is 0 Å². The molecule has 0 bridgehead atoms. The first kappa shape index (κ1) is 32.3. The summed E-state index contributed by atoms with van der Waals surface area (Å²) < 4.78 is 12.2. The van der Waals surface area contributed by atoms with Crippen molar-refractivity contribution in [3.05, 3.63) is 212 Å². The SMILES string of the molecule is c1ccc(-c2ccc(N(c3ccc(-c4ccc(-c5cc6ccccc6o5)cc4)cc3)c3ccc(-c4ccc(-c5cc6ccccc6o5)cc4)cc3)cc2)cc1. The summed E-state index contributed by atoms with van der Waals surface area (Å²) in [5.74, 6) is 1.76. The smallest absolute Gasteiger partial charge is 0.135 e. The lowest BCUT2D eigenvalue weighted by Gasteiger charge is -2.26. The Bertz CT molecular complexity index is 2640. The second-order valence-corrected chi connectivity index (χ2v) is 13.8. The van der Waals surface area contributed by atoms with E-state index in [1.807, 2.05) is 36.4 Å². The second-order valence-electron chi connectivity index (χ2n) is 13.8. The molecule has 10 aromatic rings. The monoisotopic (exact) mass is 705 g/mol. The van der Waals surface area contributed by atoms with Gasteiger partial charge in [0, 0.05) is 39.0 Å². The fourth-order valence-electron chi connectivity index (χ4n) is 7.39. The van der Waals surface area contributed by atoms with Crippen LogP contribution in [0.15, 0.2) is 221 Å². The normalized spacial score (nSPS) is 11.3. The van der Waals surface area contributed by atoms with Crippen LogP contribution >= 0.6 is 0 Å². The van der Waals surface area contributed by atoms with Crippen LogP contribution in [0.25, 0.3) is 78.0 Å². The summed E-state index contributed by atoms with van der Waals surface area (Å²) in [6.07, 6.45) is 0. The number of hydrogen-bond acceptors (Lipinski definition) is 3. The number of benzene rings is 8. The third kappa shape index (κ3) is 6.39. The van der Waals surface area contributed by atoms with Gasteiger partial charge in [-0.15, -0.1) is 0 Å². The van der Waals surface area contributed by atoms with Gasteiger partial charge in [0.2, 0.25) is 0 Å². The highest BCUT2D eigenvalue weighted by molar-refractivity contribution is 5.85. The van der Waals surface area contributed by atoms with Gasteiger partial charge in [-0.3, -0.25) is 0 Å².